The maximum Gasteiger partial charge on any atom is 0.319 e. The normalized spacial score (nSPS) is 19.2. The van der Waals surface area contributed by atoms with E-state index in [9.17, 15) is 36.7 Å². The van der Waals surface area contributed by atoms with Gasteiger partial charge < -0.3 is 58.9 Å². The minimum absolute atomic E-state index is 0.000791. The fourth-order valence-corrected chi connectivity index (χ4v) is 22.8. The Kier molecular flexibility index (Phi) is 25.7. The van der Waals surface area contributed by atoms with Gasteiger partial charge in [0, 0.05) is 142 Å². The van der Waals surface area contributed by atoms with E-state index in [1.165, 1.54) is 54.8 Å². The highest BCUT2D eigenvalue weighted by Crippen LogP contribution is 2.50. The van der Waals surface area contributed by atoms with Crippen LogP contribution in [-0.4, -0.2) is 237 Å². The molecule has 0 bridgehead atoms. The van der Waals surface area contributed by atoms with Gasteiger partial charge in [-0.3, -0.25) is 39.1 Å². The van der Waals surface area contributed by atoms with Gasteiger partial charge in [-0.1, -0.05) is 170 Å². The van der Waals surface area contributed by atoms with Crippen LogP contribution in [0.25, 0.3) is 132 Å². The Labute approximate surface area is 866 Å². The number of hydrogen-bond donors (Lipinski definition) is 1. The van der Waals surface area contributed by atoms with E-state index in [1.54, 1.807) is 142 Å². The highest BCUT2D eigenvalue weighted by Gasteiger charge is 2.54. The topological polar surface area (TPSA) is 283 Å². The highest BCUT2D eigenvalue weighted by atomic mass is 35.5. The van der Waals surface area contributed by atoms with Gasteiger partial charge in [-0.2, -0.15) is 29.9 Å². The van der Waals surface area contributed by atoms with Crippen LogP contribution in [0.1, 0.15) is 52.4 Å². The monoisotopic (exact) mass is 2090 g/mol. The summed E-state index contributed by atoms with van der Waals surface area (Å²) >= 11 is 25.2. The molecule has 28 nitrogen and oxygen atoms in total. The number of fused-ring (bicyclic) bond motifs is 12. The van der Waals surface area contributed by atoms with Crippen molar-refractivity contribution in [2.75, 3.05) is 103 Å². The van der Waals surface area contributed by atoms with Crippen LogP contribution in [0.4, 0.5) is 70.3 Å². The van der Waals surface area contributed by atoms with Crippen molar-refractivity contribution >= 4 is 192 Å². The van der Waals surface area contributed by atoms with Crippen LogP contribution in [0, 0.1) is 46.5 Å². The van der Waals surface area contributed by atoms with E-state index in [4.69, 9.17) is 60.9 Å². The molecule has 756 valence electrons. The number of anilines is 6. The average Bonchev–Trinajstić information content (AvgIpc) is 1.67. The first-order chi connectivity index (χ1) is 71.9. The number of hydrogen-bond acceptors (Lipinski definition) is 24. The third kappa shape index (κ3) is 16.9. The molecule has 8 aromatic heterocycles. The molecular formula is C109H90Cl4F8N22O6. The van der Waals surface area contributed by atoms with Crippen molar-refractivity contribution in [3.8, 4) is 57.1 Å². The zero-order chi connectivity index (χ0) is 104. The fraction of sp³-hybridized carbons (Fsp3) is 0.266. The molecule has 25 rings (SSSR count). The molecule has 8 saturated heterocycles. The molecule has 9 aliphatic rings. The number of halogens is 12. The third-order valence-electron chi connectivity index (χ3n) is 29.2. The van der Waals surface area contributed by atoms with E-state index in [2.05, 4.69) is 101 Å². The number of benzene rings is 8. The number of pyridine rings is 4. The van der Waals surface area contributed by atoms with E-state index < -0.39 is 46.5 Å². The van der Waals surface area contributed by atoms with Crippen molar-refractivity contribution in [2.45, 2.75) is 113 Å². The first kappa shape index (κ1) is 98.3. The van der Waals surface area contributed by atoms with Gasteiger partial charge >= 0.3 is 12.0 Å². The van der Waals surface area contributed by atoms with Gasteiger partial charge in [0.25, 0.3) is 0 Å². The molecule has 8 aliphatic heterocycles. The molecule has 149 heavy (non-hydrogen) atoms. The first-order valence-corrected chi connectivity index (χ1v) is 49.9. The van der Waals surface area contributed by atoms with Crippen LogP contribution in [0.2, 0.25) is 20.1 Å². The molecule has 9 fully saturated rings. The number of amides is 4. The minimum Gasteiger partial charge on any atom is -0.461 e. The molecule has 40 heteroatoms. The molecule has 16 aromatic rings. The second-order valence-electron chi connectivity index (χ2n) is 38.0. The Bertz CT molecular complexity index is 8160. The van der Waals surface area contributed by atoms with Gasteiger partial charge in [0.1, 0.15) is 97.5 Å². The lowest BCUT2D eigenvalue weighted by Gasteiger charge is -2.47. The van der Waals surface area contributed by atoms with Crippen molar-refractivity contribution in [3.05, 3.63) is 263 Å². The van der Waals surface area contributed by atoms with Crippen LogP contribution >= 0.6 is 46.4 Å². The number of rotatable bonds is 18. The molecule has 16 heterocycles. The summed E-state index contributed by atoms with van der Waals surface area (Å²) in [7, 11) is 5.24. The first-order valence-electron chi connectivity index (χ1n) is 48.4. The predicted octanol–water partition coefficient (Wildman–Crippen LogP) is 20.4. The van der Waals surface area contributed by atoms with Crippen molar-refractivity contribution < 1.29 is 63.8 Å². The van der Waals surface area contributed by atoms with E-state index in [0.717, 1.165) is 38.5 Å². The van der Waals surface area contributed by atoms with Gasteiger partial charge in [-0.25, -0.2) is 45.1 Å². The zero-order valence-electron chi connectivity index (χ0n) is 80.5. The van der Waals surface area contributed by atoms with Gasteiger partial charge in [-0.05, 0) is 122 Å². The maximum atomic E-state index is 16.3. The summed E-state index contributed by atoms with van der Waals surface area (Å²) in [5.74, 6) is -2.60. The molecule has 0 radical (unpaired) electrons. The van der Waals surface area contributed by atoms with Crippen LogP contribution < -0.4 is 39.3 Å². The van der Waals surface area contributed by atoms with Gasteiger partial charge in [0.15, 0.2) is 23.3 Å². The molecule has 8 atom stereocenters. The van der Waals surface area contributed by atoms with E-state index in [1.807, 2.05) is 38.3 Å². The van der Waals surface area contributed by atoms with Crippen molar-refractivity contribution in [2.24, 2.45) is 0 Å². The van der Waals surface area contributed by atoms with Crippen molar-refractivity contribution in [1.29, 1.82) is 0 Å². The molecule has 1 N–H and O–H groups in total. The average molecular weight is 2100 g/mol. The summed E-state index contributed by atoms with van der Waals surface area (Å²) < 4.78 is 134. The molecular weight excluding hydrogens is 2010 g/mol. The summed E-state index contributed by atoms with van der Waals surface area (Å²) in [5, 5.41) is 8.54. The molecule has 1 saturated carbocycles. The smallest absolute Gasteiger partial charge is 0.319 e. The summed E-state index contributed by atoms with van der Waals surface area (Å²) in [5.41, 5.74) is 1.88. The van der Waals surface area contributed by atoms with Crippen LogP contribution in [0.5, 0.6) is 12.0 Å². The lowest BCUT2D eigenvalue weighted by atomic mass is 9.96. The summed E-state index contributed by atoms with van der Waals surface area (Å²) in [6.45, 7) is 22.8. The number of nitrogens with one attached hydrogen (secondary N) is 1. The van der Waals surface area contributed by atoms with Crippen LogP contribution in [0.15, 0.2) is 197 Å². The number of nitrogens with zero attached hydrogens (tertiary/aromatic N) is 21. The summed E-state index contributed by atoms with van der Waals surface area (Å²) in [6, 6.07) is 32.9. The van der Waals surface area contributed by atoms with Gasteiger partial charge in [0.2, 0.25) is 35.5 Å². The second kappa shape index (κ2) is 39.0. The summed E-state index contributed by atoms with van der Waals surface area (Å²) in [6.07, 6.45) is 16.2. The molecule has 8 aromatic carbocycles. The number of ether oxygens (including phenoxy) is 2. The number of carbonyl (C=O) groups is 4. The lowest BCUT2D eigenvalue weighted by Crippen LogP contribution is -2.63. The second-order valence-corrected chi connectivity index (χ2v) is 39.6. The Morgan fingerprint density at radius 3 is 0.960 bits per heavy atom. The molecule has 0 unspecified atom stereocenters. The third-order valence-corrected chi connectivity index (χ3v) is 30.7. The Hall–Kier alpha value is -15.4. The van der Waals surface area contributed by atoms with Gasteiger partial charge in [0.05, 0.1) is 96.1 Å². The molecule has 1 aliphatic carbocycles. The van der Waals surface area contributed by atoms with Crippen LogP contribution in [0.3, 0.4) is 0 Å². The number of aromatic nitrogens is 12. The Morgan fingerprint density at radius 1 is 0.376 bits per heavy atom. The minimum atomic E-state index is -0.681. The quantitative estimate of drug-likeness (QED) is 0.0617. The Morgan fingerprint density at radius 2 is 0.664 bits per heavy atom. The SMILES string of the molecule is C=CC(=O)N1CC[C@@H]2[C@H]1CN2c1nc(N(C)C)nc2c(F)c(-c3cccc4ccc(F)c(Cl)c34)ncc12.C=CC(=O)N1CC[C@@H]2[C@H]1CN2c1nc(NC)nc2c(F)c(-c3cccc4ccc(F)c(Cl)c34)ncc12.C=CC(=O)N1CC[C@@H]2[C@H]1CN2c1nc(OC(C)C)nc2c(F)c(-c3cccc4ccc(F)c(Cl)c34)ncc12.C=CC(=O)N1CC[C@@H]2[C@H]1CN2c1nc(OC2CC2)nc2c(F)c(-c3cccc4ccc(F)c(Cl)c34)ncc12. The predicted molar refractivity (Wildman–Crippen MR) is 560 cm³/mol. The number of carbonyl (C=O) groups excluding carboxylic acids is 4. The standard InChI is InChI=1S/C28H22ClF2N5O2.C28H24ClF2N5O2.C27H23ClF2N6O.C26H21ClF2N6O/c1-2-21(37)35-11-10-19-20(35)13-36(19)27-17-12-32-25(24(31)26(17)33-28(34-27)38-15-7-8-15)16-5-3-4-14-6-9-18(30)23(29)22(14)16;1-4-21(37)35-11-10-19-20(35)13-36(19)27-17-12-32-25(24(31)26(17)33-28(34-27)38-14(2)3)16-7-5-6-15-8-9-18(30)23(29)22(15)16;1-4-20(37)35-11-10-18-19(35)13-36(18)26-16-12-31-24(23(30)25(16)32-27(33-26)34(2)3)15-7-5-6-14-8-9-17(29)22(28)21(14)15;1-3-19(36)34-10-9-17-18(34)12-35(17)25-15-11-31-23(22(29)24(15)32-26(30-2)33-25)14-6-4-5-13-7-8-16(28)21(27)20(13)14/h2-6,9,12,15,19-20H,1,7-8,10-11,13H2;4-9,12,14,19-20H,1,10-11,13H2,2-3H3;4-9,12,18-19H,1,10-11,13H2,2-3H3;3-8,11,17-18H,1,9-10,12H2,2H3,(H,30,32,33)/t2*19-,20-;18-,19-;17-,18-/m1111/s1. The van der Waals surface area contributed by atoms with Crippen molar-refractivity contribution in [3.63, 3.8) is 0 Å². The van der Waals surface area contributed by atoms with Crippen molar-refractivity contribution in [1.82, 2.24) is 79.4 Å². The number of likely N-dealkylation sites (tertiary alicyclic amines) is 4. The zero-order valence-corrected chi connectivity index (χ0v) is 83.6. The highest BCUT2D eigenvalue weighted by molar-refractivity contribution is 6.39. The maximum absolute atomic E-state index is 16.3. The Balaban J connectivity index is 0.000000112. The fourth-order valence-electron chi connectivity index (χ4n) is 21.8. The van der Waals surface area contributed by atoms with E-state index in [0.29, 0.717) is 168 Å². The van der Waals surface area contributed by atoms with E-state index in [-0.39, 0.29) is 167 Å². The molecule has 0 spiro atoms. The molecule has 4 amide bonds. The largest absolute Gasteiger partial charge is 0.461 e. The van der Waals surface area contributed by atoms with E-state index >= 15 is 17.6 Å². The van der Waals surface area contributed by atoms with Crippen LogP contribution in [-0.2, 0) is 19.2 Å². The lowest BCUT2D eigenvalue weighted by molar-refractivity contribution is -0.128. The van der Waals surface area contributed by atoms with Gasteiger partial charge in [-0.15, -0.1) is 0 Å². The summed E-state index contributed by atoms with van der Waals surface area (Å²) in [4.78, 5) is 120.